The topological polar surface area (TPSA) is 88.6 Å². The van der Waals surface area contributed by atoms with Gasteiger partial charge in [0.15, 0.2) is 5.76 Å². The van der Waals surface area contributed by atoms with Gasteiger partial charge in [-0.15, -0.1) is 0 Å². The van der Waals surface area contributed by atoms with Crippen molar-refractivity contribution in [1.82, 2.24) is 5.32 Å². The molecule has 1 aliphatic rings. The van der Waals surface area contributed by atoms with Crippen LogP contribution in [0.1, 0.15) is 29.0 Å². The number of hydrogen-bond donors (Lipinski definition) is 2. The lowest BCUT2D eigenvalue weighted by atomic mass is 9.97. The number of amides is 2. The third kappa shape index (κ3) is 3.76. The number of furan rings is 1. The fourth-order valence-corrected chi connectivity index (χ4v) is 2.95. The van der Waals surface area contributed by atoms with Crippen LogP contribution in [0.5, 0.6) is 0 Å². The largest absolute Gasteiger partial charge is 0.459 e. The molecule has 6 heteroatoms. The number of nitrogens with two attached hydrogens (primary N) is 1. The zero-order chi connectivity index (χ0) is 16.9. The van der Waals surface area contributed by atoms with Gasteiger partial charge in [0.25, 0.3) is 5.91 Å². The summed E-state index contributed by atoms with van der Waals surface area (Å²) in [5.74, 6) is -0.232. The second-order valence-electron chi connectivity index (χ2n) is 6.01. The van der Waals surface area contributed by atoms with Crippen LogP contribution in [0, 0.1) is 5.92 Å². The molecule has 0 bridgehead atoms. The molecule has 6 nitrogen and oxygen atoms in total. The number of nitrogens with zero attached hydrogens (tertiary/aromatic N) is 1. The predicted molar refractivity (Wildman–Crippen MR) is 90.5 cm³/mol. The van der Waals surface area contributed by atoms with E-state index in [9.17, 15) is 9.59 Å². The summed E-state index contributed by atoms with van der Waals surface area (Å²) in [5, 5.41) is 2.81. The summed E-state index contributed by atoms with van der Waals surface area (Å²) in [6.07, 6.45) is 3.30. The van der Waals surface area contributed by atoms with Crippen LogP contribution in [0.15, 0.2) is 47.1 Å². The zero-order valence-electron chi connectivity index (χ0n) is 13.4. The summed E-state index contributed by atoms with van der Waals surface area (Å²) in [6, 6.07) is 11.3. The minimum absolute atomic E-state index is 0.0778. The van der Waals surface area contributed by atoms with Crippen molar-refractivity contribution in [1.29, 1.82) is 0 Å². The third-order valence-electron chi connectivity index (χ3n) is 4.32. The molecule has 0 aliphatic carbocycles. The van der Waals surface area contributed by atoms with E-state index in [1.165, 1.54) is 6.26 Å². The van der Waals surface area contributed by atoms with Gasteiger partial charge in [0.05, 0.1) is 12.2 Å². The lowest BCUT2D eigenvalue weighted by molar-refractivity contribution is -0.122. The van der Waals surface area contributed by atoms with E-state index in [-0.39, 0.29) is 17.7 Å². The highest BCUT2D eigenvalue weighted by Crippen LogP contribution is 2.23. The average Bonchev–Trinajstić information content (AvgIpc) is 3.15. The van der Waals surface area contributed by atoms with Gasteiger partial charge in [-0.25, -0.2) is 0 Å². The second kappa shape index (κ2) is 7.21. The van der Waals surface area contributed by atoms with Gasteiger partial charge in [-0.05, 0) is 42.7 Å². The molecular formula is C18H21N3O3. The molecule has 1 fully saturated rings. The first kappa shape index (κ1) is 16.1. The number of hydrogen-bond acceptors (Lipinski definition) is 4. The van der Waals surface area contributed by atoms with Crippen LogP contribution in [0.3, 0.4) is 0 Å². The Kier molecular flexibility index (Phi) is 4.84. The Labute approximate surface area is 140 Å². The van der Waals surface area contributed by atoms with Crippen LogP contribution in [-0.2, 0) is 11.3 Å². The van der Waals surface area contributed by atoms with Crippen molar-refractivity contribution in [2.75, 3.05) is 18.0 Å². The second-order valence-corrected chi connectivity index (χ2v) is 6.01. The van der Waals surface area contributed by atoms with Gasteiger partial charge in [-0.2, -0.15) is 0 Å². The number of nitrogens with one attached hydrogen (secondary N) is 1. The SMILES string of the molecule is NC(=O)C1CCCN(c2ccc(CNC(=O)c3ccco3)cc2)C1. The Balaban J connectivity index is 1.57. The molecule has 0 saturated carbocycles. The van der Waals surface area contributed by atoms with Crippen LogP contribution < -0.4 is 16.0 Å². The maximum Gasteiger partial charge on any atom is 0.287 e. The molecule has 1 atom stereocenters. The van der Waals surface area contributed by atoms with E-state index in [1.807, 2.05) is 24.3 Å². The number of benzene rings is 1. The Morgan fingerprint density at radius 3 is 2.71 bits per heavy atom. The van der Waals surface area contributed by atoms with Gasteiger partial charge in [-0.1, -0.05) is 12.1 Å². The van der Waals surface area contributed by atoms with Gasteiger partial charge in [0.1, 0.15) is 0 Å². The van der Waals surface area contributed by atoms with Gasteiger partial charge >= 0.3 is 0 Å². The van der Waals surface area contributed by atoms with Crippen molar-refractivity contribution >= 4 is 17.5 Å². The summed E-state index contributed by atoms with van der Waals surface area (Å²) in [4.78, 5) is 25.4. The Bertz CT molecular complexity index is 695. The normalized spacial score (nSPS) is 17.5. The lowest BCUT2D eigenvalue weighted by Crippen LogP contribution is -2.41. The number of primary amides is 1. The fraction of sp³-hybridized carbons (Fsp3) is 0.333. The van der Waals surface area contributed by atoms with E-state index >= 15 is 0 Å². The first-order chi connectivity index (χ1) is 11.6. The zero-order valence-corrected chi connectivity index (χ0v) is 13.4. The summed E-state index contributed by atoms with van der Waals surface area (Å²) < 4.78 is 5.06. The fourth-order valence-electron chi connectivity index (χ4n) is 2.95. The van der Waals surface area contributed by atoms with E-state index in [1.54, 1.807) is 12.1 Å². The van der Waals surface area contributed by atoms with Crippen LogP contribution >= 0.6 is 0 Å². The standard InChI is InChI=1S/C18H21N3O3/c19-17(22)14-3-1-9-21(12-14)15-7-5-13(6-8-15)11-20-18(23)16-4-2-10-24-16/h2,4-8,10,14H,1,3,9,11-12H2,(H2,19,22)(H,20,23). The number of carbonyl (C=O) groups is 2. The highest BCUT2D eigenvalue weighted by Gasteiger charge is 2.24. The molecule has 3 rings (SSSR count). The van der Waals surface area contributed by atoms with Crippen molar-refractivity contribution in [2.45, 2.75) is 19.4 Å². The maximum atomic E-state index is 11.8. The van der Waals surface area contributed by atoms with E-state index < -0.39 is 0 Å². The predicted octanol–water partition coefficient (Wildman–Crippen LogP) is 1.91. The number of carbonyl (C=O) groups excluding carboxylic acids is 2. The highest BCUT2D eigenvalue weighted by atomic mass is 16.3. The summed E-state index contributed by atoms with van der Waals surface area (Å²) in [7, 11) is 0. The number of rotatable bonds is 5. The van der Waals surface area contributed by atoms with Crippen molar-refractivity contribution in [3.63, 3.8) is 0 Å². The van der Waals surface area contributed by atoms with E-state index in [0.29, 0.717) is 18.8 Å². The molecule has 2 heterocycles. The monoisotopic (exact) mass is 327 g/mol. The summed E-state index contributed by atoms with van der Waals surface area (Å²) in [6.45, 7) is 2.03. The van der Waals surface area contributed by atoms with Crippen LogP contribution in [0.2, 0.25) is 0 Å². The molecule has 126 valence electrons. The van der Waals surface area contributed by atoms with Crippen molar-refractivity contribution in [3.05, 3.63) is 54.0 Å². The Morgan fingerprint density at radius 1 is 1.25 bits per heavy atom. The van der Waals surface area contributed by atoms with Crippen LogP contribution in [-0.4, -0.2) is 24.9 Å². The van der Waals surface area contributed by atoms with Crippen LogP contribution in [0.4, 0.5) is 5.69 Å². The molecule has 0 spiro atoms. The summed E-state index contributed by atoms with van der Waals surface area (Å²) >= 11 is 0. The van der Waals surface area contributed by atoms with Gasteiger partial charge < -0.3 is 20.4 Å². The maximum absolute atomic E-state index is 11.8. The molecule has 3 N–H and O–H groups in total. The molecule has 2 aromatic rings. The van der Waals surface area contributed by atoms with Crippen molar-refractivity contribution < 1.29 is 14.0 Å². The molecule has 1 aliphatic heterocycles. The van der Waals surface area contributed by atoms with E-state index in [0.717, 1.165) is 30.6 Å². The molecule has 0 radical (unpaired) electrons. The van der Waals surface area contributed by atoms with Crippen molar-refractivity contribution in [3.8, 4) is 0 Å². The third-order valence-corrected chi connectivity index (χ3v) is 4.32. The van der Waals surface area contributed by atoms with Crippen LogP contribution in [0.25, 0.3) is 0 Å². The first-order valence-electron chi connectivity index (χ1n) is 8.08. The van der Waals surface area contributed by atoms with E-state index in [4.69, 9.17) is 10.2 Å². The smallest absolute Gasteiger partial charge is 0.287 e. The number of anilines is 1. The molecule has 1 aromatic heterocycles. The quantitative estimate of drug-likeness (QED) is 0.878. The summed E-state index contributed by atoms with van der Waals surface area (Å²) in [5.41, 5.74) is 7.50. The molecule has 1 aromatic carbocycles. The minimum Gasteiger partial charge on any atom is -0.459 e. The molecule has 24 heavy (non-hydrogen) atoms. The molecule has 2 amide bonds. The van der Waals surface area contributed by atoms with Gasteiger partial charge in [0, 0.05) is 25.3 Å². The Morgan fingerprint density at radius 2 is 2.04 bits per heavy atom. The van der Waals surface area contributed by atoms with Gasteiger partial charge in [0.2, 0.25) is 5.91 Å². The Hall–Kier alpha value is -2.76. The minimum atomic E-state index is -0.232. The molecule has 1 unspecified atom stereocenters. The average molecular weight is 327 g/mol. The van der Waals surface area contributed by atoms with Gasteiger partial charge in [-0.3, -0.25) is 9.59 Å². The first-order valence-corrected chi connectivity index (χ1v) is 8.08. The molecule has 1 saturated heterocycles. The van der Waals surface area contributed by atoms with Crippen molar-refractivity contribution in [2.24, 2.45) is 11.7 Å². The van der Waals surface area contributed by atoms with E-state index in [2.05, 4.69) is 10.2 Å². The number of piperidine rings is 1. The molecular weight excluding hydrogens is 306 g/mol. The highest BCUT2D eigenvalue weighted by molar-refractivity contribution is 5.91. The lowest BCUT2D eigenvalue weighted by Gasteiger charge is -2.33.